The van der Waals surface area contributed by atoms with Crippen LogP contribution in [0.4, 0.5) is 0 Å². The first-order valence-corrected chi connectivity index (χ1v) is 15.6. The van der Waals surface area contributed by atoms with Crippen molar-refractivity contribution in [2.45, 2.75) is 126 Å². The monoisotopic (exact) mass is 620 g/mol. The van der Waals surface area contributed by atoms with Crippen LogP contribution in [0, 0.1) is 16.7 Å². The summed E-state index contributed by atoms with van der Waals surface area (Å²) in [5, 5.41) is 65.9. The molecule has 4 fully saturated rings. The molecule has 4 aliphatic carbocycles. The number of aliphatic hydroxyl groups excluding tert-OH is 4. The zero-order valence-electron chi connectivity index (χ0n) is 25.3. The predicted molar refractivity (Wildman–Crippen MR) is 152 cm³/mol. The molecule has 3 saturated carbocycles. The van der Waals surface area contributed by atoms with Crippen molar-refractivity contribution in [3.8, 4) is 0 Å². The van der Waals surface area contributed by atoms with E-state index in [1.54, 1.807) is 6.07 Å². The molecule has 5 aliphatic rings. The van der Waals surface area contributed by atoms with E-state index in [1.165, 1.54) is 19.3 Å². The number of hydrogen-bond acceptors (Lipinski definition) is 12. The normalized spacial score (nSPS) is 48.5. The van der Waals surface area contributed by atoms with Crippen molar-refractivity contribution >= 4 is 5.97 Å². The van der Waals surface area contributed by atoms with Gasteiger partial charge in [0.25, 0.3) is 0 Å². The van der Waals surface area contributed by atoms with Gasteiger partial charge in [-0.25, -0.2) is 4.79 Å². The lowest BCUT2D eigenvalue weighted by Gasteiger charge is -2.66. The lowest BCUT2D eigenvalue weighted by atomic mass is 9.42. The highest BCUT2D eigenvalue weighted by Crippen LogP contribution is 2.71. The molecule has 6 rings (SSSR count). The van der Waals surface area contributed by atoms with E-state index >= 15 is 0 Å². The van der Waals surface area contributed by atoms with Gasteiger partial charge < -0.3 is 49.3 Å². The molecule has 0 aromatic carbocycles. The third-order valence-corrected chi connectivity index (χ3v) is 11.9. The zero-order chi connectivity index (χ0) is 31.8. The fourth-order valence-corrected chi connectivity index (χ4v) is 9.64. The van der Waals surface area contributed by atoms with Crippen LogP contribution in [0.25, 0.3) is 0 Å². The van der Waals surface area contributed by atoms with Crippen LogP contribution in [0.3, 0.4) is 0 Å². The maximum Gasteiger partial charge on any atom is 0.335 e. The SMILES string of the molecule is CC(=O)OC1CC2(O)C(CCC3(C)C(c4ccc(=O)oc4)CCC32O)C2(C)CCC(OC3OC(CO)C(O)C(O)C3O)C=C12. The number of carbonyl (C=O) groups is 1. The Morgan fingerprint density at radius 3 is 2.43 bits per heavy atom. The lowest BCUT2D eigenvalue weighted by molar-refractivity contribution is -0.310. The van der Waals surface area contributed by atoms with Gasteiger partial charge in [-0.05, 0) is 73.0 Å². The molecular weight excluding hydrogens is 576 g/mol. The predicted octanol–water partition coefficient (Wildman–Crippen LogP) is 0.643. The van der Waals surface area contributed by atoms with Gasteiger partial charge in [-0.2, -0.15) is 0 Å². The van der Waals surface area contributed by atoms with Gasteiger partial charge in [0.2, 0.25) is 0 Å². The summed E-state index contributed by atoms with van der Waals surface area (Å²) >= 11 is 0. The van der Waals surface area contributed by atoms with Gasteiger partial charge in [-0.15, -0.1) is 0 Å². The molecule has 1 saturated heterocycles. The standard InChI is InChI=1S/C32H44O12/c1-16(34)42-21-13-31(39)23(8-10-30(3)19(7-11-32(30,31)40)17-4-5-24(35)41-15-17)29(2)9-6-18(12-20(21)29)43-28-27(38)26(37)25(36)22(14-33)44-28/h4-5,12,15,18-19,21-23,25-28,33,36-40H,6-11,13-14H2,1-3H3. The summed E-state index contributed by atoms with van der Waals surface area (Å²) in [6, 6.07) is 3.10. The molecule has 13 unspecified atom stereocenters. The van der Waals surface area contributed by atoms with Crippen LogP contribution in [0.1, 0.15) is 77.2 Å². The van der Waals surface area contributed by atoms with Crippen molar-refractivity contribution in [1.29, 1.82) is 0 Å². The second kappa shape index (κ2) is 11.0. The van der Waals surface area contributed by atoms with E-state index in [2.05, 4.69) is 0 Å². The smallest absolute Gasteiger partial charge is 0.335 e. The lowest BCUT2D eigenvalue weighted by Crippen LogP contribution is -2.73. The van der Waals surface area contributed by atoms with Crippen molar-refractivity contribution in [2.24, 2.45) is 16.7 Å². The highest BCUT2D eigenvalue weighted by atomic mass is 16.7. The van der Waals surface area contributed by atoms with E-state index < -0.39 is 83.1 Å². The second-order valence-electron chi connectivity index (χ2n) is 14.0. The van der Waals surface area contributed by atoms with Crippen molar-refractivity contribution in [3.05, 3.63) is 46.0 Å². The average Bonchev–Trinajstić information content (AvgIpc) is 3.26. The van der Waals surface area contributed by atoms with Crippen molar-refractivity contribution < 1.29 is 54.1 Å². The molecule has 0 amide bonds. The Hall–Kier alpha value is -2.16. The quantitative estimate of drug-likeness (QED) is 0.199. The van der Waals surface area contributed by atoms with Gasteiger partial charge >= 0.3 is 11.6 Å². The van der Waals surface area contributed by atoms with E-state index in [4.69, 9.17) is 18.6 Å². The summed E-state index contributed by atoms with van der Waals surface area (Å²) in [7, 11) is 0. The van der Waals surface area contributed by atoms with Gasteiger partial charge in [-0.3, -0.25) is 4.79 Å². The van der Waals surface area contributed by atoms with Gasteiger partial charge in [0.15, 0.2) is 6.29 Å². The average molecular weight is 621 g/mol. The Morgan fingerprint density at radius 2 is 1.77 bits per heavy atom. The molecule has 44 heavy (non-hydrogen) atoms. The summed E-state index contributed by atoms with van der Waals surface area (Å²) in [6.45, 7) is 4.74. The number of aliphatic hydroxyl groups is 6. The molecule has 1 aliphatic heterocycles. The fraction of sp³-hybridized carbons (Fsp3) is 0.750. The maximum absolute atomic E-state index is 12.8. The van der Waals surface area contributed by atoms with Crippen LogP contribution in [0.15, 0.2) is 39.3 Å². The van der Waals surface area contributed by atoms with Gasteiger partial charge in [0, 0.05) is 24.8 Å². The number of esters is 1. The first-order chi connectivity index (χ1) is 20.7. The van der Waals surface area contributed by atoms with Gasteiger partial charge in [-0.1, -0.05) is 19.9 Å². The maximum atomic E-state index is 12.8. The van der Waals surface area contributed by atoms with Crippen molar-refractivity contribution in [1.82, 2.24) is 0 Å². The largest absolute Gasteiger partial charge is 0.458 e. The molecule has 13 atom stereocenters. The van der Waals surface area contributed by atoms with Crippen molar-refractivity contribution in [3.63, 3.8) is 0 Å². The Bertz CT molecular complexity index is 1340. The van der Waals surface area contributed by atoms with Crippen LogP contribution < -0.4 is 5.63 Å². The summed E-state index contributed by atoms with van der Waals surface area (Å²) < 4.78 is 22.6. The van der Waals surface area contributed by atoms with E-state index in [0.717, 1.165) is 11.1 Å². The minimum absolute atomic E-state index is 0.0197. The van der Waals surface area contributed by atoms with E-state index in [1.807, 2.05) is 19.9 Å². The van der Waals surface area contributed by atoms with E-state index in [9.17, 15) is 40.2 Å². The molecular formula is C32H44O12. The minimum atomic E-state index is -1.60. The number of fused-ring (bicyclic) bond motifs is 5. The summed E-state index contributed by atoms with van der Waals surface area (Å²) in [4.78, 5) is 24.0. The third kappa shape index (κ3) is 4.56. The molecule has 2 heterocycles. The molecule has 244 valence electrons. The van der Waals surface area contributed by atoms with Gasteiger partial charge in [0.1, 0.15) is 36.1 Å². The zero-order valence-corrected chi connectivity index (χ0v) is 25.3. The summed E-state index contributed by atoms with van der Waals surface area (Å²) in [6.07, 6.45) is -2.23. The molecule has 1 aromatic heterocycles. The van der Waals surface area contributed by atoms with Crippen LogP contribution in [0.5, 0.6) is 0 Å². The number of rotatable bonds is 5. The highest BCUT2D eigenvalue weighted by molar-refractivity contribution is 5.66. The Kier molecular flexibility index (Phi) is 7.94. The Morgan fingerprint density at radius 1 is 1.02 bits per heavy atom. The van der Waals surface area contributed by atoms with Crippen molar-refractivity contribution in [2.75, 3.05) is 6.61 Å². The number of hydrogen-bond donors (Lipinski definition) is 6. The third-order valence-electron chi connectivity index (χ3n) is 11.9. The molecule has 12 nitrogen and oxygen atoms in total. The number of ether oxygens (including phenoxy) is 3. The number of carbonyl (C=O) groups excluding carboxylic acids is 1. The summed E-state index contributed by atoms with van der Waals surface area (Å²) in [5.74, 6) is -1.06. The van der Waals surface area contributed by atoms with E-state index in [-0.39, 0.29) is 18.3 Å². The molecule has 0 spiro atoms. The molecule has 0 bridgehead atoms. The minimum Gasteiger partial charge on any atom is -0.458 e. The van der Waals surface area contributed by atoms with Gasteiger partial charge in [0.05, 0.1) is 24.6 Å². The molecule has 1 aromatic rings. The molecule has 12 heteroatoms. The van der Waals surface area contributed by atoms with Crippen LogP contribution in [-0.2, 0) is 19.0 Å². The Labute approximate surface area is 255 Å². The Balaban J connectivity index is 1.33. The topological polar surface area (TPSA) is 196 Å². The highest BCUT2D eigenvalue weighted by Gasteiger charge is 2.75. The second-order valence-corrected chi connectivity index (χ2v) is 14.0. The molecule has 6 N–H and O–H groups in total. The van der Waals surface area contributed by atoms with Crippen LogP contribution in [-0.4, -0.2) is 97.3 Å². The fourth-order valence-electron chi connectivity index (χ4n) is 9.64. The first-order valence-electron chi connectivity index (χ1n) is 15.6. The van der Waals surface area contributed by atoms with Crippen LogP contribution >= 0.6 is 0 Å². The first kappa shape index (κ1) is 31.8. The van der Waals surface area contributed by atoms with E-state index in [0.29, 0.717) is 38.5 Å². The van der Waals surface area contributed by atoms with Crippen LogP contribution in [0.2, 0.25) is 0 Å². The molecule has 0 radical (unpaired) electrons. The summed E-state index contributed by atoms with van der Waals surface area (Å²) in [5.41, 5.74) is -3.41.